The van der Waals surface area contributed by atoms with Crippen LogP contribution in [-0.2, 0) is 19.2 Å². The molecule has 0 radical (unpaired) electrons. The molecule has 2 atom stereocenters. The maximum atomic E-state index is 14.3. The summed E-state index contributed by atoms with van der Waals surface area (Å²) in [7, 11) is 0. The first-order valence-corrected chi connectivity index (χ1v) is 19.8. The van der Waals surface area contributed by atoms with Crippen LogP contribution < -0.4 is 25.6 Å². The van der Waals surface area contributed by atoms with E-state index in [0.717, 1.165) is 17.7 Å². The summed E-state index contributed by atoms with van der Waals surface area (Å²) in [4.78, 5) is 84.7. The Hall–Kier alpha value is -5.97. The highest BCUT2D eigenvalue weighted by molar-refractivity contribution is 6.31. The van der Waals surface area contributed by atoms with Gasteiger partial charge in [0.05, 0.1) is 40.8 Å². The molecule has 2 unspecified atom stereocenters. The first kappa shape index (κ1) is 41.2. The van der Waals surface area contributed by atoms with E-state index in [2.05, 4.69) is 16.0 Å². The number of anilines is 3. The fraction of sp³-hybridized carbons (Fsp3) is 0.390. The topological polar surface area (TPSA) is 170 Å². The SMILES string of the molecule is O=C(COc1cccc2c1C(=O)N(C1CCC(=O)NC1=O)C2=O)NCCCCCCC(=O)N1CCC(N=C2Nc3cc(F)ccc3N(CC(F)F)c3ccc(Cl)cc32)C1. The molecule has 7 rings (SSSR count). The van der Waals surface area contributed by atoms with Crippen LogP contribution in [0.1, 0.15) is 77.6 Å². The predicted molar refractivity (Wildman–Crippen MR) is 211 cm³/mol. The van der Waals surface area contributed by atoms with Crippen molar-refractivity contribution >= 4 is 69.9 Å². The lowest BCUT2D eigenvalue weighted by Gasteiger charge is -2.27. The van der Waals surface area contributed by atoms with E-state index in [-0.39, 0.29) is 47.4 Å². The summed E-state index contributed by atoms with van der Waals surface area (Å²) in [5.74, 6) is -3.22. The van der Waals surface area contributed by atoms with Crippen molar-refractivity contribution in [1.29, 1.82) is 0 Å². The molecule has 3 aromatic rings. The van der Waals surface area contributed by atoms with Crippen molar-refractivity contribution in [3.8, 4) is 5.75 Å². The largest absolute Gasteiger partial charge is 0.483 e. The molecule has 310 valence electrons. The lowest BCUT2D eigenvalue weighted by molar-refractivity contribution is -0.136. The average molecular weight is 836 g/mol. The Balaban J connectivity index is 0.844. The number of piperidine rings is 1. The van der Waals surface area contributed by atoms with Crippen LogP contribution in [0.15, 0.2) is 59.6 Å². The zero-order valence-electron chi connectivity index (χ0n) is 31.8. The molecule has 2 fully saturated rings. The van der Waals surface area contributed by atoms with Gasteiger partial charge in [0, 0.05) is 43.1 Å². The molecule has 2 saturated heterocycles. The highest BCUT2D eigenvalue weighted by atomic mass is 35.5. The number of benzene rings is 3. The highest BCUT2D eigenvalue weighted by Crippen LogP contribution is 2.40. The van der Waals surface area contributed by atoms with Crippen LogP contribution in [-0.4, -0.2) is 102 Å². The summed E-state index contributed by atoms with van der Waals surface area (Å²) in [5.41, 5.74) is 1.58. The maximum absolute atomic E-state index is 14.3. The van der Waals surface area contributed by atoms with Gasteiger partial charge in [0.2, 0.25) is 17.7 Å². The Morgan fingerprint density at radius 1 is 0.932 bits per heavy atom. The molecule has 14 nitrogen and oxygen atoms in total. The number of imide groups is 2. The van der Waals surface area contributed by atoms with Crippen LogP contribution in [0.25, 0.3) is 0 Å². The minimum Gasteiger partial charge on any atom is -0.483 e. The van der Waals surface area contributed by atoms with E-state index in [1.165, 1.54) is 41.3 Å². The lowest BCUT2D eigenvalue weighted by Crippen LogP contribution is -2.54. The van der Waals surface area contributed by atoms with Crippen molar-refractivity contribution in [2.75, 3.05) is 43.0 Å². The molecule has 3 aromatic carbocycles. The van der Waals surface area contributed by atoms with Gasteiger partial charge in [-0.15, -0.1) is 0 Å². The standard InChI is InChI=1S/C41H41ClF3N7O7/c42-23-9-11-29-27(18-23)38(48-28-19-24(43)10-12-30(28)51(29)21-33(44)45)47-25-15-17-50(20-25)36(55)8-3-1-2-4-16-46-35(54)22-59-32-7-5-6-26-37(32)41(58)52(40(26)57)31-13-14-34(53)49-39(31)56/h5-7,9-12,18-19,25,31,33H,1-4,8,13-17,20-22H2,(H,46,54)(H,47,48)(H,49,53,56). The van der Waals surface area contributed by atoms with Crippen LogP contribution in [0.5, 0.6) is 5.75 Å². The fourth-order valence-corrected chi connectivity index (χ4v) is 7.91. The van der Waals surface area contributed by atoms with Gasteiger partial charge in [-0.2, -0.15) is 0 Å². The predicted octanol–water partition coefficient (Wildman–Crippen LogP) is 5.20. The van der Waals surface area contributed by atoms with Crippen molar-refractivity contribution in [2.24, 2.45) is 4.99 Å². The van der Waals surface area contributed by atoms with Crippen molar-refractivity contribution in [3.05, 3.63) is 82.1 Å². The summed E-state index contributed by atoms with van der Waals surface area (Å²) >= 11 is 6.33. The van der Waals surface area contributed by atoms with Crippen LogP contribution in [0.2, 0.25) is 5.02 Å². The zero-order valence-corrected chi connectivity index (χ0v) is 32.5. The first-order chi connectivity index (χ1) is 28.4. The third-order valence-electron chi connectivity index (χ3n) is 10.6. The van der Waals surface area contributed by atoms with Crippen LogP contribution in [0.3, 0.4) is 0 Å². The van der Waals surface area contributed by atoms with Crippen LogP contribution in [0, 0.1) is 5.82 Å². The molecule has 4 heterocycles. The first-order valence-electron chi connectivity index (χ1n) is 19.4. The van der Waals surface area contributed by atoms with Gasteiger partial charge in [-0.25, -0.2) is 13.2 Å². The van der Waals surface area contributed by atoms with Gasteiger partial charge < -0.3 is 25.2 Å². The number of carbonyl (C=O) groups excluding carboxylic acids is 6. The molecular weight excluding hydrogens is 795 g/mol. The van der Waals surface area contributed by atoms with E-state index in [0.29, 0.717) is 73.1 Å². The summed E-state index contributed by atoms with van der Waals surface area (Å²) in [5, 5.41) is 8.43. The van der Waals surface area contributed by atoms with E-state index in [1.54, 1.807) is 23.1 Å². The summed E-state index contributed by atoms with van der Waals surface area (Å²) in [6.45, 7) is 0.177. The number of amides is 6. The molecule has 0 saturated carbocycles. The summed E-state index contributed by atoms with van der Waals surface area (Å²) < 4.78 is 47.5. The number of carbonyl (C=O) groups is 6. The summed E-state index contributed by atoms with van der Waals surface area (Å²) in [6, 6.07) is 11.8. The number of aliphatic imine (C=N–C) groups is 1. The number of unbranched alkanes of at least 4 members (excludes halogenated alkanes) is 3. The average Bonchev–Trinajstić information content (AvgIpc) is 3.74. The number of hydrogen-bond donors (Lipinski definition) is 3. The van der Waals surface area contributed by atoms with Gasteiger partial charge in [0.15, 0.2) is 6.61 Å². The van der Waals surface area contributed by atoms with E-state index in [9.17, 15) is 41.9 Å². The quantitative estimate of drug-likeness (QED) is 0.146. The molecule has 6 amide bonds. The van der Waals surface area contributed by atoms with E-state index in [4.69, 9.17) is 21.3 Å². The Labute approximate surface area is 342 Å². The molecule has 3 N–H and O–H groups in total. The van der Waals surface area contributed by atoms with Gasteiger partial charge in [0.1, 0.15) is 23.4 Å². The molecule has 4 aliphatic heterocycles. The summed E-state index contributed by atoms with van der Waals surface area (Å²) in [6.07, 6.45) is 1.04. The minimum absolute atomic E-state index is 0.00665. The molecule has 59 heavy (non-hydrogen) atoms. The van der Waals surface area contributed by atoms with Gasteiger partial charge in [0.25, 0.3) is 24.1 Å². The normalized spacial score (nSPS) is 19.3. The second kappa shape index (κ2) is 17.9. The Bertz CT molecular complexity index is 2220. The molecule has 0 spiro atoms. The molecular formula is C41H41ClF3N7O7. The van der Waals surface area contributed by atoms with E-state index < -0.39 is 61.0 Å². The number of amidine groups is 1. The molecule has 0 aromatic heterocycles. The number of fused-ring (bicyclic) bond motifs is 3. The fourth-order valence-electron chi connectivity index (χ4n) is 7.73. The van der Waals surface area contributed by atoms with Gasteiger partial charge in [-0.3, -0.25) is 44.0 Å². The zero-order chi connectivity index (χ0) is 41.8. The Morgan fingerprint density at radius 3 is 2.53 bits per heavy atom. The van der Waals surface area contributed by atoms with Crippen molar-refractivity contribution in [2.45, 2.75) is 69.9 Å². The second-order valence-corrected chi connectivity index (χ2v) is 15.1. The molecule has 0 aliphatic carbocycles. The number of likely N-dealkylation sites (tertiary alicyclic amines) is 1. The van der Waals surface area contributed by atoms with Crippen molar-refractivity contribution in [1.82, 2.24) is 20.4 Å². The number of rotatable bonds is 14. The Morgan fingerprint density at radius 2 is 1.73 bits per heavy atom. The molecule has 18 heteroatoms. The third-order valence-corrected chi connectivity index (χ3v) is 10.8. The van der Waals surface area contributed by atoms with Gasteiger partial charge in [-0.05, 0) is 74.2 Å². The number of nitrogens with zero attached hydrogens (tertiary/aromatic N) is 4. The number of alkyl halides is 2. The van der Waals surface area contributed by atoms with E-state index in [1.807, 2.05) is 0 Å². The lowest BCUT2D eigenvalue weighted by atomic mass is 10.0. The smallest absolute Gasteiger partial charge is 0.266 e. The second-order valence-electron chi connectivity index (χ2n) is 14.6. The third kappa shape index (κ3) is 9.19. The monoisotopic (exact) mass is 835 g/mol. The van der Waals surface area contributed by atoms with Gasteiger partial charge >= 0.3 is 0 Å². The highest BCUT2D eigenvalue weighted by Gasteiger charge is 2.46. The number of ether oxygens (including phenoxy) is 1. The number of nitrogens with one attached hydrogen (secondary N) is 3. The van der Waals surface area contributed by atoms with Crippen molar-refractivity contribution in [3.63, 3.8) is 0 Å². The van der Waals surface area contributed by atoms with Crippen molar-refractivity contribution < 1.29 is 46.7 Å². The van der Waals surface area contributed by atoms with Crippen LogP contribution in [0.4, 0.5) is 30.2 Å². The van der Waals surface area contributed by atoms with Gasteiger partial charge in [-0.1, -0.05) is 30.5 Å². The van der Waals surface area contributed by atoms with E-state index >= 15 is 0 Å². The number of hydrogen-bond acceptors (Lipinski definition) is 9. The molecule has 0 bridgehead atoms. The molecule has 4 aliphatic rings. The maximum Gasteiger partial charge on any atom is 0.266 e. The minimum atomic E-state index is -2.67. The number of halogens is 4. The van der Waals surface area contributed by atoms with Crippen LogP contribution >= 0.6 is 11.6 Å². The Kier molecular flexibility index (Phi) is 12.5.